The molecular weight excluding hydrogens is 336 g/mol. The van der Waals surface area contributed by atoms with Crippen LogP contribution in [0.5, 0.6) is 0 Å². The maximum absolute atomic E-state index is 12.6. The van der Waals surface area contributed by atoms with Gasteiger partial charge in [0.1, 0.15) is 0 Å². The number of hydrogen-bond donors (Lipinski definition) is 0. The first-order valence-electron chi connectivity index (χ1n) is 7.76. The smallest absolute Gasteiger partial charge is 0.243 e. The summed E-state index contributed by atoms with van der Waals surface area (Å²) >= 11 is 5.79. The lowest BCUT2D eigenvalue weighted by atomic mass is 9.97. The van der Waals surface area contributed by atoms with Crippen molar-refractivity contribution in [3.05, 3.63) is 29.3 Å². The van der Waals surface area contributed by atoms with Gasteiger partial charge in [-0.05, 0) is 57.4 Å². The average molecular weight is 359 g/mol. The third-order valence-corrected chi connectivity index (χ3v) is 6.43. The second-order valence-corrected chi connectivity index (χ2v) is 8.63. The molecule has 1 aromatic carbocycles. The molecule has 1 amide bonds. The largest absolute Gasteiger partial charge is 0.336 e. The zero-order chi connectivity index (χ0) is 17.2. The van der Waals surface area contributed by atoms with Gasteiger partial charge in [-0.25, -0.2) is 8.42 Å². The van der Waals surface area contributed by atoms with Crippen LogP contribution >= 0.6 is 11.6 Å². The van der Waals surface area contributed by atoms with Crippen molar-refractivity contribution in [1.82, 2.24) is 9.21 Å². The topological polar surface area (TPSA) is 57.7 Å². The quantitative estimate of drug-likeness (QED) is 0.831. The molecule has 2 unspecified atom stereocenters. The summed E-state index contributed by atoms with van der Waals surface area (Å²) in [4.78, 5) is 14.5. The lowest BCUT2D eigenvalue weighted by molar-refractivity contribution is -0.137. The van der Waals surface area contributed by atoms with Crippen molar-refractivity contribution in [2.24, 2.45) is 0 Å². The van der Waals surface area contributed by atoms with Gasteiger partial charge in [-0.2, -0.15) is 4.31 Å². The van der Waals surface area contributed by atoms with Crippen molar-refractivity contribution < 1.29 is 13.2 Å². The molecule has 2 atom stereocenters. The number of piperidine rings is 1. The zero-order valence-corrected chi connectivity index (χ0v) is 15.3. The molecule has 1 fully saturated rings. The van der Waals surface area contributed by atoms with Crippen LogP contribution < -0.4 is 0 Å². The van der Waals surface area contributed by atoms with E-state index in [1.807, 2.05) is 18.7 Å². The van der Waals surface area contributed by atoms with Gasteiger partial charge in [-0.1, -0.05) is 11.6 Å². The highest BCUT2D eigenvalue weighted by molar-refractivity contribution is 7.89. The molecule has 1 aromatic rings. The highest BCUT2D eigenvalue weighted by atomic mass is 35.5. The predicted molar refractivity (Wildman–Crippen MR) is 90.9 cm³/mol. The fraction of sp³-hybridized carbons (Fsp3) is 0.562. The van der Waals surface area contributed by atoms with Gasteiger partial charge in [0.2, 0.25) is 15.9 Å². The second kappa shape index (κ2) is 7.20. The Hall–Kier alpha value is -1.11. The summed E-state index contributed by atoms with van der Waals surface area (Å²) in [5, 5.41) is 0.471. The van der Waals surface area contributed by atoms with Gasteiger partial charge in [0.15, 0.2) is 0 Å². The maximum Gasteiger partial charge on any atom is 0.243 e. The van der Waals surface area contributed by atoms with E-state index in [1.165, 1.54) is 31.3 Å². The number of likely N-dealkylation sites (N-methyl/N-ethyl adjacent to an activating group) is 1. The molecule has 1 saturated heterocycles. The number of sulfonamides is 1. The van der Waals surface area contributed by atoms with Crippen LogP contribution in [0.1, 0.15) is 33.1 Å². The standard InChI is InChI=1S/C16H23ClN2O3S/c1-12-5-4-6-13(2)19(12)16(20)11-18(3)23(21,22)15-9-7-14(17)8-10-15/h7-10,12-13H,4-6,11H2,1-3H3. The summed E-state index contributed by atoms with van der Waals surface area (Å²) in [7, 11) is -2.27. The molecule has 23 heavy (non-hydrogen) atoms. The van der Waals surface area contributed by atoms with Gasteiger partial charge in [-0.3, -0.25) is 4.79 Å². The van der Waals surface area contributed by atoms with Gasteiger partial charge in [0.25, 0.3) is 0 Å². The van der Waals surface area contributed by atoms with Crippen LogP contribution in [0.3, 0.4) is 0 Å². The first-order valence-corrected chi connectivity index (χ1v) is 9.58. The molecule has 1 heterocycles. The van der Waals surface area contributed by atoms with E-state index < -0.39 is 10.0 Å². The fourth-order valence-corrected chi connectivity index (χ4v) is 4.30. The summed E-state index contributed by atoms with van der Waals surface area (Å²) in [5.74, 6) is -0.148. The fourth-order valence-electron chi connectivity index (χ4n) is 3.06. The molecule has 1 aliphatic heterocycles. The Morgan fingerprint density at radius 2 is 1.74 bits per heavy atom. The first kappa shape index (κ1) is 18.2. The molecule has 0 spiro atoms. The van der Waals surface area contributed by atoms with E-state index >= 15 is 0 Å². The Bertz CT molecular complexity index is 650. The molecule has 0 radical (unpaired) electrons. The van der Waals surface area contributed by atoms with E-state index in [0.717, 1.165) is 23.6 Å². The van der Waals surface area contributed by atoms with Crippen molar-refractivity contribution >= 4 is 27.5 Å². The Labute approximate surface area is 143 Å². The minimum absolute atomic E-state index is 0.136. The van der Waals surface area contributed by atoms with Crippen LogP contribution in [0.2, 0.25) is 5.02 Å². The predicted octanol–water partition coefficient (Wildman–Crippen LogP) is 2.75. The Morgan fingerprint density at radius 1 is 1.22 bits per heavy atom. The number of likely N-dealkylation sites (tertiary alicyclic amines) is 1. The van der Waals surface area contributed by atoms with Crippen molar-refractivity contribution in [2.75, 3.05) is 13.6 Å². The molecule has 7 heteroatoms. The molecule has 2 rings (SSSR count). The van der Waals surface area contributed by atoms with Crippen LogP contribution in [0.4, 0.5) is 0 Å². The van der Waals surface area contributed by atoms with Crippen molar-refractivity contribution in [3.8, 4) is 0 Å². The molecular formula is C16H23ClN2O3S. The van der Waals surface area contributed by atoms with Crippen LogP contribution in [0, 0.1) is 0 Å². The van der Waals surface area contributed by atoms with E-state index in [2.05, 4.69) is 0 Å². The van der Waals surface area contributed by atoms with Gasteiger partial charge >= 0.3 is 0 Å². The SMILES string of the molecule is CC1CCCC(C)N1C(=O)CN(C)S(=O)(=O)c1ccc(Cl)cc1. The minimum atomic E-state index is -3.70. The number of carbonyl (C=O) groups is 1. The van der Waals surface area contributed by atoms with E-state index in [-0.39, 0.29) is 29.4 Å². The number of rotatable bonds is 4. The number of carbonyl (C=O) groups excluding carboxylic acids is 1. The molecule has 0 aromatic heterocycles. The van der Waals surface area contributed by atoms with Crippen molar-refractivity contribution in [3.63, 3.8) is 0 Å². The van der Waals surface area contributed by atoms with Crippen molar-refractivity contribution in [2.45, 2.75) is 50.1 Å². The zero-order valence-electron chi connectivity index (χ0n) is 13.7. The first-order chi connectivity index (χ1) is 10.7. The Morgan fingerprint density at radius 3 is 2.26 bits per heavy atom. The van der Waals surface area contributed by atoms with E-state index in [1.54, 1.807) is 0 Å². The molecule has 128 valence electrons. The highest BCUT2D eigenvalue weighted by Gasteiger charge is 2.31. The third kappa shape index (κ3) is 4.05. The molecule has 0 N–H and O–H groups in total. The average Bonchev–Trinajstić information content (AvgIpc) is 2.47. The normalized spacial score (nSPS) is 22.4. The molecule has 5 nitrogen and oxygen atoms in total. The Balaban J connectivity index is 2.12. The number of hydrogen-bond acceptors (Lipinski definition) is 3. The summed E-state index contributed by atoms with van der Waals surface area (Å²) in [6.07, 6.45) is 3.03. The summed E-state index contributed by atoms with van der Waals surface area (Å²) in [6, 6.07) is 6.25. The van der Waals surface area contributed by atoms with Crippen LogP contribution in [0.15, 0.2) is 29.2 Å². The van der Waals surface area contributed by atoms with Gasteiger partial charge in [-0.15, -0.1) is 0 Å². The lowest BCUT2D eigenvalue weighted by Crippen LogP contribution is -2.51. The van der Waals surface area contributed by atoms with Gasteiger partial charge in [0.05, 0.1) is 11.4 Å². The molecule has 0 aliphatic carbocycles. The maximum atomic E-state index is 12.6. The molecule has 0 bridgehead atoms. The number of nitrogens with zero attached hydrogens (tertiary/aromatic N) is 2. The Kier molecular flexibility index (Phi) is 5.70. The number of halogens is 1. The lowest BCUT2D eigenvalue weighted by Gasteiger charge is -2.39. The number of amides is 1. The highest BCUT2D eigenvalue weighted by Crippen LogP contribution is 2.23. The van der Waals surface area contributed by atoms with Crippen LogP contribution in [0.25, 0.3) is 0 Å². The second-order valence-electron chi connectivity index (χ2n) is 6.14. The van der Waals surface area contributed by atoms with Crippen LogP contribution in [-0.4, -0.2) is 49.2 Å². The molecule has 1 aliphatic rings. The van der Waals surface area contributed by atoms with Crippen LogP contribution in [-0.2, 0) is 14.8 Å². The van der Waals surface area contributed by atoms with Crippen molar-refractivity contribution in [1.29, 1.82) is 0 Å². The van der Waals surface area contributed by atoms with E-state index in [0.29, 0.717) is 5.02 Å². The summed E-state index contributed by atoms with van der Waals surface area (Å²) in [5.41, 5.74) is 0. The summed E-state index contributed by atoms with van der Waals surface area (Å²) < 4.78 is 26.2. The van der Waals surface area contributed by atoms with Gasteiger partial charge in [0, 0.05) is 24.2 Å². The summed E-state index contributed by atoms with van der Waals surface area (Å²) in [6.45, 7) is 3.88. The number of benzene rings is 1. The minimum Gasteiger partial charge on any atom is -0.336 e. The van der Waals surface area contributed by atoms with E-state index in [9.17, 15) is 13.2 Å². The van der Waals surface area contributed by atoms with E-state index in [4.69, 9.17) is 11.6 Å². The molecule has 0 saturated carbocycles. The van der Waals surface area contributed by atoms with Gasteiger partial charge < -0.3 is 4.90 Å². The third-order valence-electron chi connectivity index (χ3n) is 4.36. The monoisotopic (exact) mass is 358 g/mol.